The lowest BCUT2D eigenvalue weighted by Gasteiger charge is -2.16. The van der Waals surface area contributed by atoms with Crippen molar-refractivity contribution < 1.29 is 17.9 Å². The van der Waals surface area contributed by atoms with Crippen molar-refractivity contribution in [3.05, 3.63) is 77.7 Å². The second-order valence-electron chi connectivity index (χ2n) is 7.52. The molecule has 2 aromatic heterocycles. The van der Waals surface area contributed by atoms with Crippen LogP contribution in [-0.4, -0.2) is 36.2 Å². The number of fused-ring (bicyclic) bond motifs is 1. The Morgan fingerprint density at radius 3 is 2.48 bits per heavy atom. The van der Waals surface area contributed by atoms with Gasteiger partial charge < -0.3 is 9.30 Å². The zero-order chi connectivity index (χ0) is 23.6. The molecule has 2 aromatic carbocycles. The van der Waals surface area contributed by atoms with Gasteiger partial charge in [0, 0.05) is 18.2 Å². The molecular weight excluding hydrogens is 440 g/mol. The standard InChI is InChI=1S/C24H24N4O4S/c1-4-21-26-22-16(2)13-14-25-23(22)28(21)15-17-9-5-6-10-18(17)19-11-7-8-12-20(19)33(30,31)27-24(29)32-3/h5-14H,4,15H2,1-3H3,(H,27,29). The predicted molar refractivity (Wildman–Crippen MR) is 125 cm³/mol. The molecule has 0 unspecified atom stereocenters. The van der Waals surface area contributed by atoms with Crippen LogP contribution < -0.4 is 4.72 Å². The van der Waals surface area contributed by atoms with Crippen molar-refractivity contribution in [3.8, 4) is 11.1 Å². The molecule has 4 aromatic rings. The first-order chi connectivity index (χ1) is 15.9. The van der Waals surface area contributed by atoms with Gasteiger partial charge in [0.05, 0.1) is 18.6 Å². The molecule has 9 heteroatoms. The molecule has 33 heavy (non-hydrogen) atoms. The van der Waals surface area contributed by atoms with E-state index in [0.29, 0.717) is 12.1 Å². The first-order valence-electron chi connectivity index (χ1n) is 10.4. The van der Waals surface area contributed by atoms with Crippen molar-refractivity contribution in [2.45, 2.75) is 31.7 Å². The first kappa shape index (κ1) is 22.5. The van der Waals surface area contributed by atoms with Gasteiger partial charge in [-0.3, -0.25) is 0 Å². The summed E-state index contributed by atoms with van der Waals surface area (Å²) in [6, 6.07) is 16.1. The molecule has 0 fully saturated rings. The second-order valence-corrected chi connectivity index (χ2v) is 9.17. The van der Waals surface area contributed by atoms with Crippen LogP contribution in [0.2, 0.25) is 0 Å². The normalized spacial score (nSPS) is 11.5. The van der Waals surface area contributed by atoms with E-state index in [2.05, 4.69) is 14.3 Å². The quantitative estimate of drug-likeness (QED) is 0.462. The van der Waals surface area contributed by atoms with E-state index in [0.717, 1.165) is 47.2 Å². The zero-order valence-corrected chi connectivity index (χ0v) is 19.4. The van der Waals surface area contributed by atoms with E-state index in [1.165, 1.54) is 6.07 Å². The van der Waals surface area contributed by atoms with Crippen molar-refractivity contribution in [1.29, 1.82) is 0 Å². The van der Waals surface area contributed by atoms with Crippen LogP contribution >= 0.6 is 0 Å². The SMILES string of the molecule is CCc1nc2c(C)ccnc2n1Cc1ccccc1-c1ccccc1S(=O)(=O)NC(=O)OC. The lowest BCUT2D eigenvalue weighted by atomic mass is 9.99. The molecule has 0 bridgehead atoms. The van der Waals surface area contributed by atoms with Crippen LogP contribution in [0.15, 0.2) is 65.7 Å². The fraction of sp³-hybridized carbons (Fsp3) is 0.208. The number of hydrogen-bond acceptors (Lipinski definition) is 6. The van der Waals surface area contributed by atoms with Crippen LogP contribution in [-0.2, 0) is 27.7 Å². The number of nitrogens with zero attached hydrogens (tertiary/aromatic N) is 3. The van der Waals surface area contributed by atoms with E-state index in [9.17, 15) is 13.2 Å². The smallest absolute Gasteiger partial charge is 0.420 e. The maximum absolute atomic E-state index is 12.9. The Morgan fingerprint density at radius 2 is 1.76 bits per heavy atom. The molecule has 0 radical (unpaired) electrons. The Hall–Kier alpha value is -3.72. The number of amides is 1. The molecule has 0 aliphatic rings. The van der Waals surface area contributed by atoms with Crippen molar-refractivity contribution in [2.24, 2.45) is 0 Å². The average molecular weight is 465 g/mol. The van der Waals surface area contributed by atoms with Crippen LogP contribution in [0.5, 0.6) is 0 Å². The van der Waals surface area contributed by atoms with Gasteiger partial charge in [-0.25, -0.2) is 27.9 Å². The summed E-state index contributed by atoms with van der Waals surface area (Å²) in [6.45, 7) is 4.51. The Labute approximate surface area is 192 Å². The molecule has 0 aliphatic carbocycles. The van der Waals surface area contributed by atoms with Gasteiger partial charge in [-0.15, -0.1) is 0 Å². The van der Waals surface area contributed by atoms with Crippen molar-refractivity contribution >= 4 is 27.3 Å². The number of ether oxygens (including phenoxy) is 1. The molecule has 1 N–H and O–H groups in total. The van der Waals surface area contributed by atoms with Gasteiger partial charge in [0.1, 0.15) is 11.3 Å². The van der Waals surface area contributed by atoms with Gasteiger partial charge in [0.25, 0.3) is 10.0 Å². The van der Waals surface area contributed by atoms with E-state index in [1.54, 1.807) is 24.4 Å². The van der Waals surface area contributed by atoms with Crippen molar-refractivity contribution in [2.75, 3.05) is 7.11 Å². The van der Waals surface area contributed by atoms with Crippen LogP contribution in [0.1, 0.15) is 23.9 Å². The van der Waals surface area contributed by atoms with Gasteiger partial charge in [-0.05, 0) is 35.7 Å². The van der Waals surface area contributed by atoms with Gasteiger partial charge in [0.15, 0.2) is 5.65 Å². The summed E-state index contributed by atoms with van der Waals surface area (Å²) in [5, 5.41) is 0. The Morgan fingerprint density at radius 1 is 1.06 bits per heavy atom. The maximum Gasteiger partial charge on any atom is 0.420 e. The average Bonchev–Trinajstić information content (AvgIpc) is 3.18. The number of nitrogens with one attached hydrogen (secondary N) is 1. The molecule has 0 saturated carbocycles. The van der Waals surface area contributed by atoms with Crippen LogP contribution in [0.3, 0.4) is 0 Å². The lowest BCUT2D eigenvalue weighted by Crippen LogP contribution is -2.30. The molecule has 170 valence electrons. The molecule has 4 rings (SSSR count). The fourth-order valence-corrected chi connectivity index (χ4v) is 4.98. The highest BCUT2D eigenvalue weighted by Gasteiger charge is 2.23. The molecule has 0 atom stereocenters. The minimum Gasteiger partial charge on any atom is -0.452 e. The number of carbonyl (C=O) groups excluding carboxylic acids is 1. The molecule has 1 amide bonds. The summed E-state index contributed by atoms with van der Waals surface area (Å²) in [5.41, 5.74) is 4.81. The second kappa shape index (κ2) is 9.03. The highest BCUT2D eigenvalue weighted by molar-refractivity contribution is 7.90. The number of aryl methyl sites for hydroxylation is 2. The topological polar surface area (TPSA) is 103 Å². The predicted octanol–water partition coefficient (Wildman–Crippen LogP) is 4.06. The van der Waals surface area contributed by atoms with Gasteiger partial charge in [-0.2, -0.15) is 0 Å². The summed E-state index contributed by atoms with van der Waals surface area (Å²) < 4.78 is 34.3. The number of pyridine rings is 1. The Balaban J connectivity index is 1.84. The number of benzene rings is 2. The van der Waals surface area contributed by atoms with E-state index in [-0.39, 0.29) is 4.90 Å². The first-order valence-corrected chi connectivity index (χ1v) is 11.9. The summed E-state index contributed by atoms with van der Waals surface area (Å²) in [7, 11) is -3.02. The summed E-state index contributed by atoms with van der Waals surface area (Å²) in [4.78, 5) is 20.9. The molecule has 0 spiro atoms. The lowest BCUT2D eigenvalue weighted by molar-refractivity contribution is 0.177. The summed E-state index contributed by atoms with van der Waals surface area (Å²) in [6.07, 6.45) is 1.45. The number of rotatable bonds is 6. The van der Waals surface area contributed by atoms with E-state index in [1.807, 2.05) is 48.9 Å². The van der Waals surface area contributed by atoms with Crippen molar-refractivity contribution in [3.63, 3.8) is 0 Å². The zero-order valence-electron chi connectivity index (χ0n) is 18.6. The maximum atomic E-state index is 12.9. The molecule has 0 saturated heterocycles. The van der Waals surface area contributed by atoms with Gasteiger partial charge in [0.2, 0.25) is 0 Å². The number of aromatic nitrogens is 3. The number of hydrogen-bond donors (Lipinski definition) is 1. The fourth-order valence-electron chi connectivity index (χ4n) is 3.84. The number of sulfonamides is 1. The van der Waals surface area contributed by atoms with Crippen LogP contribution in [0, 0.1) is 6.92 Å². The molecule has 8 nitrogen and oxygen atoms in total. The summed E-state index contributed by atoms with van der Waals surface area (Å²) >= 11 is 0. The third-order valence-corrected chi connectivity index (χ3v) is 6.82. The van der Waals surface area contributed by atoms with Crippen molar-refractivity contribution in [1.82, 2.24) is 19.3 Å². The third-order valence-electron chi connectivity index (χ3n) is 5.45. The van der Waals surface area contributed by atoms with Crippen LogP contribution in [0.25, 0.3) is 22.3 Å². The van der Waals surface area contributed by atoms with E-state index in [4.69, 9.17) is 4.98 Å². The molecule has 0 aliphatic heterocycles. The highest BCUT2D eigenvalue weighted by Crippen LogP contribution is 2.31. The van der Waals surface area contributed by atoms with Crippen LogP contribution in [0.4, 0.5) is 4.79 Å². The minimum absolute atomic E-state index is 0.0111. The van der Waals surface area contributed by atoms with E-state index < -0.39 is 16.1 Å². The summed E-state index contributed by atoms with van der Waals surface area (Å²) in [5.74, 6) is 0.898. The largest absolute Gasteiger partial charge is 0.452 e. The third kappa shape index (κ3) is 4.31. The van der Waals surface area contributed by atoms with Gasteiger partial charge in [-0.1, -0.05) is 49.4 Å². The number of imidazole rings is 1. The molecule has 2 heterocycles. The Bertz CT molecular complexity index is 1440. The Kier molecular flexibility index (Phi) is 6.15. The monoisotopic (exact) mass is 464 g/mol. The molecular formula is C24H24N4O4S. The highest BCUT2D eigenvalue weighted by atomic mass is 32.2. The number of methoxy groups -OCH3 is 1. The minimum atomic E-state index is -4.14. The van der Waals surface area contributed by atoms with Gasteiger partial charge >= 0.3 is 6.09 Å². The number of carbonyl (C=O) groups is 1. The van der Waals surface area contributed by atoms with E-state index >= 15 is 0 Å².